The van der Waals surface area contributed by atoms with Crippen LogP contribution < -0.4 is 10.1 Å². The highest BCUT2D eigenvalue weighted by atomic mass is 16.5. The Balaban J connectivity index is 1.95. The quantitative estimate of drug-likeness (QED) is 0.891. The van der Waals surface area contributed by atoms with Crippen LogP contribution in [0.4, 0.5) is 10.5 Å². The van der Waals surface area contributed by atoms with Crippen LogP contribution in [0.25, 0.3) is 0 Å². The number of carbonyl (C=O) groups is 1. The van der Waals surface area contributed by atoms with Crippen LogP contribution >= 0.6 is 0 Å². The Morgan fingerprint density at radius 2 is 2.15 bits per heavy atom. The zero-order chi connectivity index (χ0) is 14.5. The van der Waals surface area contributed by atoms with Gasteiger partial charge in [0.2, 0.25) is 0 Å². The second-order valence-corrected chi connectivity index (χ2v) is 5.22. The molecule has 1 saturated heterocycles. The lowest BCUT2D eigenvalue weighted by molar-refractivity contribution is 0.143. The van der Waals surface area contributed by atoms with E-state index in [1.807, 2.05) is 25.1 Å². The van der Waals surface area contributed by atoms with Gasteiger partial charge in [0.15, 0.2) is 0 Å². The molecule has 0 atom stereocenters. The van der Waals surface area contributed by atoms with Crippen LogP contribution in [0.2, 0.25) is 0 Å². The van der Waals surface area contributed by atoms with Crippen LogP contribution in [0.1, 0.15) is 18.4 Å². The van der Waals surface area contributed by atoms with Gasteiger partial charge in [0.05, 0.1) is 7.11 Å². The number of aliphatic hydroxyl groups is 1. The Kier molecular flexibility index (Phi) is 4.84. The summed E-state index contributed by atoms with van der Waals surface area (Å²) < 4.78 is 5.15. The van der Waals surface area contributed by atoms with E-state index in [0.717, 1.165) is 29.8 Å². The number of amides is 2. The number of aliphatic hydroxyl groups excluding tert-OH is 1. The predicted molar refractivity (Wildman–Crippen MR) is 78.1 cm³/mol. The van der Waals surface area contributed by atoms with E-state index in [1.165, 1.54) is 0 Å². The molecule has 1 aromatic rings. The summed E-state index contributed by atoms with van der Waals surface area (Å²) in [5.74, 6) is 1.12. The minimum Gasteiger partial charge on any atom is -0.497 e. The van der Waals surface area contributed by atoms with Gasteiger partial charge in [-0.2, -0.15) is 0 Å². The number of piperidine rings is 1. The monoisotopic (exact) mass is 278 g/mol. The molecule has 1 aliphatic heterocycles. The Labute approximate surface area is 119 Å². The summed E-state index contributed by atoms with van der Waals surface area (Å²) in [5, 5.41) is 12.0. The third kappa shape index (κ3) is 3.42. The van der Waals surface area contributed by atoms with Crippen LogP contribution in [0.3, 0.4) is 0 Å². The molecule has 1 heterocycles. The predicted octanol–water partition coefficient (Wildman–Crippen LogP) is 2.24. The number of urea groups is 1. The maximum Gasteiger partial charge on any atom is 0.321 e. The third-order valence-electron chi connectivity index (χ3n) is 3.84. The second-order valence-electron chi connectivity index (χ2n) is 5.22. The molecule has 1 fully saturated rings. The normalized spacial score (nSPS) is 16.1. The van der Waals surface area contributed by atoms with Crippen LogP contribution in [-0.4, -0.2) is 42.8 Å². The number of ether oxygens (including phenoxy) is 1. The average Bonchev–Trinajstić information content (AvgIpc) is 2.49. The van der Waals surface area contributed by atoms with Gasteiger partial charge in [-0.25, -0.2) is 4.79 Å². The number of aryl methyl sites for hydroxylation is 1. The largest absolute Gasteiger partial charge is 0.497 e. The van der Waals surface area contributed by atoms with E-state index in [-0.39, 0.29) is 12.6 Å². The van der Waals surface area contributed by atoms with Crippen molar-refractivity contribution in [2.24, 2.45) is 5.92 Å². The summed E-state index contributed by atoms with van der Waals surface area (Å²) in [5.41, 5.74) is 1.78. The van der Waals surface area contributed by atoms with Crippen molar-refractivity contribution in [1.29, 1.82) is 0 Å². The number of nitrogens with zero attached hydrogens (tertiary/aromatic N) is 1. The van der Waals surface area contributed by atoms with Gasteiger partial charge in [-0.3, -0.25) is 0 Å². The number of likely N-dealkylation sites (tertiary alicyclic amines) is 1. The molecule has 1 aliphatic rings. The maximum absolute atomic E-state index is 12.2. The van der Waals surface area contributed by atoms with Crippen LogP contribution in [0.15, 0.2) is 18.2 Å². The van der Waals surface area contributed by atoms with Crippen molar-refractivity contribution >= 4 is 11.7 Å². The van der Waals surface area contributed by atoms with Crippen molar-refractivity contribution in [2.75, 3.05) is 32.1 Å². The first-order valence-corrected chi connectivity index (χ1v) is 6.95. The van der Waals surface area contributed by atoms with E-state index in [9.17, 15) is 4.79 Å². The number of benzene rings is 1. The zero-order valence-electron chi connectivity index (χ0n) is 12.1. The molecular weight excluding hydrogens is 256 g/mol. The molecule has 2 N–H and O–H groups in total. The number of carbonyl (C=O) groups excluding carboxylic acids is 1. The maximum atomic E-state index is 12.2. The van der Waals surface area contributed by atoms with E-state index >= 15 is 0 Å². The average molecular weight is 278 g/mol. The highest BCUT2D eigenvalue weighted by Gasteiger charge is 2.22. The van der Waals surface area contributed by atoms with E-state index < -0.39 is 0 Å². The number of hydrogen-bond acceptors (Lipinski definition) is 3. The molecule has 0 aliphatic carbocycles. The van der Waals surface area contributed by atoms with Crippen molar-refractivity contribution in [1.82, 2.24) is 4.90 Å². The highest BCUT2D eigenvalue weighted by Crippen LogP contribution is 2.22. The Bertz CT molecular complexity index is 468. The summed E-state index contributed by atoms with van der Waals surface area (Å²) >= 11 is 0. The van der Waals surface area contributed by atoms with Crippen molar-refractivity contribution in [3.63, 3.8) is 0 Å². The van der Waals surface area contributed by atoms with Gasteiger partial charge in [-0.1, -0.05) is 0 Å². The molecule has 20 heavy (non-hydrogen) atoms. The van der Waals surface area contributed by atoms with Crippen molar-refractivity contribution in [3.05, 3.63) is 23.8 Å². The van der Waals surface area contributed by atoms with Crippen LogP contribution in [0.5, 0.6) is 5.75 Å². The molecule has 0 saturated carbocycles. The fourth-order valence-electron chi connectivity index (χ4n) is 2.42. The van der Waals surface area contributed by atoms with E-state index in [4.69, 9.17) is 9.84 Å². The number of methoxy groups -OCH3 is 1. The lowest BCUT2D eigenvalue weighted by Gasteiger charge is -2.31. The summed E-state index contributed by atoms with van der Waals surface area (Å²) in [6, 6.07) is 5.51. The molecule has 0 unspecified atom stereocenters. The van der Waals surface area contributed by atoms with E-state index in [2.05, 4.69) is 5.32 Å². The van der Waals surface area contributed by atoms with Gasteiger partial charge in [0.1, 0.15) is 5.75 Å². The van der Waals surface area contributed by atoms with E-state index in [1.54, 1.807) is 12.0 Å². The minimum absolute atomic E-state index is 0.0744. The van der Waals surface area contributed by atoms with Crippen LogP contribution in [0, 0.1) is 12.8 Å². The van der Waals surface area contributed by atoms with Gasteiger partial charge in [-0.15, -0.1) is 0 Å². The Morgan fingerprint density at radius 1 is 1.45 bits per heavy atom. The smallest absolute Gasteiger partial charge is 0.321 e. The van der Waals surface area contributed by atoms with Gasteiger partial charge in [0.25, 0.3) is 0 Å². The molecule has 5 nitrogen and oxygen atoms in total. The Morgan fingerprint density at radius 3 is 2.70 bits per heavy atom. The molecule has 0 bridgehead atoms. The van der Waals surface area contributed by atoms with Crippen molar-refractivity contribution < 1.29 is 14.6 Å². The third-order valence-corrected chi connectivity index (χ3v) is 3.84. The number of anilines is 1. The fraction of sp³-hybridized carbons (Fsp3) is 0.533. The minimum atomic E-state index is -0.0744. The molecular formula is C15H22N2O3. The first-order valence-electron chi connectivity index (χ1n) is 6.95. The molecule has 2 amide bonds. The summed E-state index contributed by atoms with van der Waals surface area (Å²) in [6.07, 6.45) is 1.73. The summed E-state index contributed by atoms with van der Waals surface area (Å²) in [4.78, 5) is 14.0. The van der Waals surface area contributed by atoms with E-state index in [0.29, 0.717) is 19.0 Å². The number of nitrogens with one attached hydrogen (secondary N) is 1. The molecule has 2 rings (SSSR count). The lowest BCUT2D eigenvalue weighted by Crippen LogP contribution is -2.41. The van der Waals surface area contributed by atoms with Gasteiger partial charge >= 0.3 is 6.03 Å². The molecule has 0 radical (unpaired) electrons. The van der Waals surface area contributed by atoms with Gasteiger partial charge in [0, 0.05) is 25.4 Å². The Hall–Kier alpha value is -1.75. The lowest BCUT2D eigenvalue weighted by atomic mass is 9.98. The van der Waals surface area contributed by atoms with Crippen LogP contribution in [-0.2, 0) is 0 Å². The molecule has 110 valence electrons. The summed E-state index contributed by atoms with van der Waals surface area (Å²) in [6.45, 7) is 3.56. The topological polar surface area (TPSA) is 61.8 Å². The molecule has 5 heteroatoms. The standard InChI is InChI=1S/C15H22N2O3/c1-11-9-13(20-2)3-4-14(11)16-15(19)17-7-5-12(10-18)6-8-17/h3-4,9,12,18H,5-8,10H2,1-2H3,(H,16,19). The van der Waals surface area contributed by atoms with Gasteiger partial charge < -0.3 is 20.1 Å². The van der Waals surface area contributed by atoms with Gasteiger partial charge in [-0.05, 0) is 49.4 Å². The SMILES string of the molecule is COc1ccc(NC(=O)N2CCC(CO)CC2)c(C)c1. The fourth-order valence-corrected chi connectivity index (χ4v) is 2.42. The molecule has 0 aromatic heterocycles. The first kappa shape index (κ1) is 14.7. The molecule has 1 aromatic carbocycles. The second kappa shape index (κ2) is 6.61. The first-order chi connectivity index (χ1) is 9.63. The highest BCUT2D eigenvalue weighted by molar-refractivity contribution is 5.90. The number of hydrogen-bond donors (Lipinski definition) is 2. The zero-order valence-corrected chi connectivity index (χ0v) is 12.1. The van der Waals surface area contributed by atoms with Crippen molar-refractivity contribution in [3.8, 4) is 5.75 Å². The number of rotatable bonds is 3. The van der Waals surface area contributed by atoms with Crippen molar-refractivity contribution in [2.45, 2.75) is 19.8 Å². The molecule has 0 spiro atoms. The summed E-state index contributed by atoms with van der Waals surface area (Å²) in [7, 11) is 1.62.